The number of benzene rings is 3. The van der Waals surface area contributed by atoms with Crippen molar-refractivity contribution in [2.24, 2.45) is 0 Å². The van der Waals surface area contributed by atoms with Crippen LogP contribution >= 0.6 is 0 Å². The summed E-state index contributed by atoms with van der Waals surface area (Å²) in [5.41, 5.74) is 3.71. The highest BCUT2D eigenvalue weighted by atomic mass is 32.2. The van der Waals surface area contributed by atoms with E-state index in [-0.39, 0.29) is 24.3 Å². The van der Waals surface area contributed by atoms with E-state index in [1.165, 1.54) is 12.6 Å². The molecule has 4 heterocycles. The molecule has 59 heavy (non-hydrogen) atoms. The number of nitrogens with zero attached hydrogens (tertiary/aromatic N) is 6. The van der Waals surface area contributed by atoms with E-state index >= 15 is 0 Å². The number of hydrogen-bond acceptors (Lipinski definition) is 12. The number of piperazine rings is 1. The van der Waals surface area contributed by atoms with E-state index in [1.807, 2.05) is 36.4 Å². The zero-order chi connectivity index (χ0) is 41.7. The van der Waals surface area contributed by atoms with Crippen molar-refractivity contribution < 1.29 is 31.2 Å². The maximum Gasteiger partial charge on any atom is 0.421 e. The fourth-order valence-electron chi connectivity index (χ4n) is 7.68. The fraction of sp³-hybridized carbons (Fsp3) is 0.415. The summed E-state index contributed by atoms with van der Waals surface area (Å²) in [5.74, 6) is -0.902. The predicted octanol–water partition coefficient (Wildman–Crippen LogP) is 5.25. The summed E-state index contributed by atoms with van der Waals surface area (Å²) in [6.45, 7) is 6.68. The number of aromatic nitrogens is 2. The van der Waals surface area contributed by atoms with Crippen LogP contribution in [-0.4, -0.2) is 105 Å². The zero-order valence-electron chi connectivity index (χ0n) is 33.0. The lowest BCUT2D eigenvalue weighted by Gasteiger charge is -2.43. The molecular formula is C41H49F3N10O4S. The van der Waals surface area contributed by atoms with Crippen molar-refractivity contribution in [3.8, 4) is 0 Å². The van der Waals surface area contributed by atoms with Gasteiger partial charge >= 0.3 is 6.18 Å². The molecule has 1 aromatic heterocycles. The number of carbonyl (C=O) groups is 2. The number of rotatable bonds is 13. The summed E-state index contributed by atoms with van der Waals surface area (Å²) in [6, 6.07) is 22.5. The molecule has 1 atom stereocenters. The minimum absolute atomic E-state index is 0.00281. The summed E-state index contributed by atoms with van der Waals surface area (Å²) in [7, 11) is -2.11. The van der Waals surface area contributed by atoms with Gasteiger partial charge in [0.2, 0.25) is 27.8 Å². The summed E-state index contributed by atoms with van der Waals surface area (Å²) in [4.78, 5) is 39.1. The summed E-state index contributed by atoms with van der Waals surface area (Å²) in [6.07, 6.45) is 0.0570. The van der Waals surface area contributed by atoms with E-state index in [9.17, 15) is 31.2 Å². The summed E-state index contributed by atoms with van der Waals surface area (Å²) < 4.78 is 66.8. The van der Waals surface area contributed by atoms with Crippen molar-refractivity contribution in [2.45, 2.75) is 57.0 Å². The van der Waals surface area contributed by atoms with Crippen LogP contribution in [0.15, 0.2) is 79.0 Å². The normalized spacial score (nSPS) is 18.7. The molecular weight excluding hydrogens is 786 g/mol. The summed E-state index contributed by atoms with van der Waals surface area (Å²) in [5, 5.41) is 11.4. The molecule has 3 aliphatic rings. The van der Waals surface area contributed by atoms with Crippen molar-refractivity contribution >= 4 is 56.4 Å². The lowest BCUT2D eigenvalue weighted by Crippen LogP contribution is -2.53. The smallest absolute Gasteiger partial charge is 0.374 e. The van der Waals surface area contributed by atoms with Crippen LogP contribution in [0.5, 0.6) is 0 Å². The fourth-order valence-corrected chi connectivity index (χ4v) is 8.18. The second-order valence-corrected chi connectivity index (χ2v) is 17.3. The lowest BCUT2D eigenvalue weighted by molar-refractivity contribution is -0.137. The molecule has 7 rings (SSSR count). The van der Waals surface area contributed by atoms with Crippen LogP contribution in [0.1, 0.15) is 42.4 Å². The Labute approximate surface area is 342 Å². The highest BCUT2D eigenvalue weighted by Gasteiger charge is 2.35. The van der Waals surface area contributed by atoms with Gasteiger partial charge in [0.25, 0.3) is 0 Å². The van der Waals surface area contributed by atoms with E-state index < -0.39 is 33.6 Å². The Kier molecular flexibility index (Phi) is 12.6. The van der Waals surface area contributed by atoms with Gasteiger partial charge in [-0.1, -0.05) is 24.3 Å². The van der Waals surface area contributed by atoms with E-state index in [4.69, 9.17) is 0 Å². The van der Waals surface area contributed by atoms with E-state index in [2.05, 4.69) is 58.1 Å². The Balaban J connectivity index is 0.870. The first-order valence-electron chi connectivity index (χ1n) is 19.7. The van der Waals surface area contributed by atoms with Crippen LogP contribution < -0.4 is 30.5 Å². The van der Waals surface area contributed by atoms with Gasteiger partial charge in [-0.15, -0.1) is 0 Å². The van der Waals surface area contributed by atoms with Crippen LogP contribution in [0.3, 0.4) is 0 Å². The molecule has 4 N–H and O–H groups in total. The van der Waals surface area contributed by atoms with Gasteiger partial charge in [-0.25, -0.2) is 13.4 Å². The molecule has 0 bridgehead atoms. The van der Waals surface area contributed by atoms with E-state index in [0.717, 1.165) is 86.8 Å². The minimum atomic E-state index is -4.70. The quantitative estimate of drug-likeness (QED) is 0.130. The number of imide groups is 1. The van der Waals surface area contributed by atoms with E-state index in [1.54, 1.807) is 24.3 Å². The van der Waals surface area contributed by atoms with Crippen molar-refractivity contribution in [1.29, 1.82) is 0 Å². The molecule has 0 radical (unpaired) electrons. The molecule has 3 aromatic carbocycles. The van der Waals surface area contributed by atoms with Gasteiger partial charge < -0.3 is 20.9 Å². The molecule has 2 amide bonds. The molecule has 0 saturated carbocycles. The third-order valence-electron chi connectivity index (χ3n) is 11.1. The predicted molar refractivity (Wildman–Crippen MR) is 222 cm³/mol. The molecule has 314 valence electrons. The third-order valence-corrected chi connectivity index (χ3v) is 12.3. The van der Waals surface area contributed by atoms with Crippen LogP contribution in [-0.2, 0) is 38.9 Å². The van der Waals surface area contributed by atoms with Crippen LogP contribution in [0.2, 0.25) is 0 Å². The van der Waals surface area contributed by atoms with Gasteiger partial charge in [0.15, 0.2) is 0 Å². The summed E-state index contributed by atoms with van der Waals surface area (Å²) >= 11 is 0. The van der Waals surface area contributed by atoms with Gasteiger partial charge in [0, 0.05) is 95.1 Å². The average molecular weight is 835 g/mol. The van der Waals surface area contributed by atoms with Gasteiger partial charge in [-0.05, 0) is 78.9 Å². The van der Waals surface area contributed by atoms with Gasteiger partial charge in [-0.3, -0.25) is 29.0 Å². The molecule has 14 nitrogen and oxygen atoms in total. The van der Waals surface area contributed by atoms with Crippen molar-refractivity contribution in [3.05, 3.63) is 95.7 Å². The van der Waals surface area contributed by atoms with Crippen LogP contribution in [0.4, 0.5) is 47.7 Å². The van der Waals surface area contributed by atoms with Crippen molar-refractivity contribution in [1.82, 2.24) is 25.1 Å². The van der Waals surface area contributed by atoms with Crippen molar-refractivity contribution in [3.63, 3.8) is 0 Å². The molecule has 3 saturated heterocycles. The SMILES string of the molecule is CN(c1cccc(CNc2nc(Nc3ccc(N4CCC(N5CCN(Cc6ccc(NC7CCC(=O)NC7=O)cc6)CC5)CC4)cc3)ncc2C(F)(F)F)c1)S(C)(=O)=O. The number of anilines is 6. The first-order chi connectivity index (χ1) is 28.2. The van der Waals surface area contributed by atoms with E-state index in [0.29, 0.717) is 35.8 Å². The van der Waals surface area contributed by atoms with Gasteiger partial charge in [-0.2, -0.15) is 18.2 Å². The largest absolute Gasteiger partial charge is 0.421 e. The highest BCUT2D eigenvalue weighted by molar-refractivity contribution is 7.92. The Morgan fingerprint density at radius 2 is 1.58 bits per heavy atom. The Hall–Kier alpha value is -5.46. The first kappa shape index (κ1) is 41.7. The maximum atomic E-state index is 13.9. The molecule has 3 aliphatic heterocycles. The number of alkyl halides is 3. The number of sulfonamides is 1. The van der Waals surface area contributed by atoms with Gasteiger partial charge in [0.1, 0.15) is 17.4 Å². The molecule has 0 spiro atoms. The topological polar surface area (TPSA) is 155 Å². The number of hydrogen-bond donors (Lipinski definition) is 4. The molecule has 3 fully saturated rings. The zero-order valence-corrected chi connectivity index (χ0v) is 33.8. The second kappa shape index (κ2) is 17.8. The number of nitrogens with one attached hydrogen (secondary N) is 4. The van der Waals surface area contributed by atoms with Crippen LogP contribution in [0.25, 0.3) is 0 Å². The Morgan fingerprint density at radius 1 is 0.881 bits per heavy atom. The molecule has 1 unspecified atom stereocenters. The molecule has 4 aromatic rings. The minimum Gasteiger partial charge on any atom is -0.374 e. The number of halogens is 3. The van der Waals surface area contributed by atoms with Crippen molar-refractivity contribution in [2.75, 3.05) is 77.7 Å². The molecule has 18 heteroatoms. The number of piperidine rings is 2. The third kappa shape index (κ3) is 10.8. The number of amides is 2. The average Bonchev–Trinajstić information content (AvgIpc) is 3.21. The second-order valence-electron chi connectivity index (χ2n) is 15.3. The molecule has 0 aliphatic carbocycles. The van der Waals surface area contributed by atoms with Crippen LogP contribution in [0, 0.1) is 0 Å². The Morgan fingerprint density at radius 3 is 2.24 bits per heavy atom. The number of carbonyl (C=O) groups excluding carboxylic acids is 2. The monoisotopic (exact) mass is 834 g/mol. The first-order valence-corrected chi connectivity index (χ1v) is 21.5. The van der Waals surface area contributed by atoms with Gasteiger partial charge in [0.05, 0.1) is 11.9 Å². The standard InChI is InChI=1S/C41H49F3N10O4S/c1-51(59(2,57)58)34-5-3-4-29(24-34)25-45-38-35(41(42,43)44)26-46-40(50-38)48-31-10-12-32(13-11-31)53-18-16-33(17-19-53)54-22-20-52(21-23-54)27-28-6-8-30(9-7-28)47-36-14-15-37(55)49-39(36)56/h3-13,24,26,33,36,47H,14-23,25,27H2,1-2H3,(H,49,55,56)(H2,45,46,48,50). The maximum absolute atomic E-state index is 13.9. The highest BCUT2D eigenvalue weighted by Crippen LogP contribution is 2.35. The lowest BCUT2D eigenvalue weighted by atomic mass is 10.0. The Bertz CT molecular complexity index is 2210.